The molecule has 4 nitrogen and oxygen atoms in total. The second kappa shape index (κ2) is 7.02. The van der Waals surface area contributed by atoms with E-state index < -0.39 is 18.3 Å². The quantitative estimate of drug-likeness (QED) is 0.810. The maximum Gasteiger partial charge on any atom is 0.491 e. The zero-order valence-corrected chi connectivity index (χ0v) is 15.2. The summed E-state index contributed by atoms with van der Waals surface area (Å²) in [7, 11) is -1.14. The van der Waals surface area contributed by atoms with Gasteiger partial charge >= 0.3 is 7.12 Å². The predicted molar refractivity (Wildman–Crippen MR) is 96.6 cm³/mol. The first-order valence-corrected chi connectivity index (χ1v) is 8.62. The molecule has 128 valence electrons. The van der Waals surface area contributed by atoms with Gasteiger partial charge in [-0.15, -0.1) is 0 Å². The lowest BCUT2D eigenvalue weighted by atomic mass is 9.76. The molecule has 0 atom stereocenters. The molecule has 0 saturated carbocycles. The Hall–Kier alpha value is -0.745. The lowest BCUT2D eigenvalue weighted by Crippen LogP contribution is -2.53. The molecule has 0 spiro atoms. The number of anilines is 1. The van der Waals surface area contributed by atoms with Crippen molar-refractivity contribution in [3.05, 3.63) is 23.2 Å². The first-order valence-electron chi connectivity index (χ1n) is 8.24. The van der Waals surface area contributed by atoms with Gasteiger partial charge in [-0.3, -0.25) is 0 Å². The van der Waals surface area contributed by atoms with Crippen LogP contribution in [0.4, 0.5) is 5.69 Å². The number of hydrogen-bond donors (Lipinski definition) is 2. The predicted octanol–water partition coefficient (Wildman–Crippen LogP) is 2.58. The summed E-state index contributed by atoms with van der Waals surface area (Å²) in [5.74, 6) is 0. The van der Waals surface area contributed by atoms with Gasteiger partial charge in [-0.2, -0.15) is 0 Å². The van der Waals surface area contributed by atoms with Crippen molar-refractivity contribution in [1.82, 2.24) is 0 Å². The van der Waals surface area contributed by atoms with Crippen molar-refractivity contribution in [2.75, 3.05) is 18.0 Å². The van der Waals surface area contributed by atoms with Gasteiger partial charge in [-0.1, -0.05) is 11.6 Å². The van der Waals surface area contributed by atoms with Crippen LogP contribution < -0.4 is 10.4 Å². The molecule has 1 aromatic carbocycles. The van der Waals surface area contributed by atoms with Crippen molar-refractivity contribution in [3.63, 3.8) is 0 Å². The number of benzene rings is 1. The van der Waals surface area contributed by atoms with Gasteiger partial charge in [0, 0.05) is 23.8 Å². The summed E-state index contributed by atoms with van der Waals surface area (Å²) in [5.41, 5.74) is -0.367. The smallest absolute Gasteiger partial charge is 0.423 e. The molecule has 0 radical (unpaired) electrons. The van der Waals surface area contributed by atoms with Crippen molar-refractivity contribution >= 4 is 29.9 Å². The minimum absolute atomic E-state index is 0.576. The van der Waals surface area contributed by atoms with E-state index in [4.69, 9.17) is 16.3 Å². The highest BCUT2D eigenvalue weighted by Crippen LogP contribution is 2.26. The Morgan fingerprint density at radius 3 is 2.26 bits per heavy atom. The van der Waals surface area contributed by atoms with E-state index in [9.17, 15) is 10.1 Å². The molecule has 0 amide bonds. The van der Waals surface area contributed by atoms with Gasteiger partial charge in [-0.25, -0.2) is 0 Å². The maximum absolute atomic E-state index is 10.5. The van der Waals surface area contributed by atoms with Crippen molar-refractivity contribution in [1.29, 1.82) is 0 Å². The highest BCUT2D eigenvalue weighted by atomic mass is 35.5. The Balaban J connectivity index is 2.20. The third-order valence-electron chi connectivity index (χ3n) is 4.79. The minimum atomic E-state index is -1.14. The van der Waals surface area contributed by atoms with Gasteiger partial charge in [0.05, 0.1) is 11.2 Å². The molecule has 1 saturated heterocycles. The van der Waals surface area contributed by atoms with E-state index in [2.05, 4.69) is 4.90 Å². The summed E-state index contributed by atoms with van der Waals surface area (Å²) in [5, 5.41) is 21.2. The summed E-state index contributed by atoms with van der Waals surface area (Å²) in [6, 6.07) is 5.55. The average molecular weight is 340 g/mol. The van der Waals surface area contributed by atoms with E-state index in [1.54, 1.807) is 33.8 Å². The fourth-order valence-electron chi connectivity index (χ4n) is 2.56. The molecule has 0 unspecified atom stereocenters. The topological polar surface area (TPSA) is 52.9 Å². The normalized spacial score (nSPS) is 16.6. The van der Waals surface area contributed by atoms with Crippen LogP contribution in [0.1, 0.15) is 47.0 Å². The van der Waals surface area contributed by atoms with Gasteiger partial charge in [0.25, 0.3) is 0 Å². The van der Waals surface area contributed by atoms with E-state index in [0.29, 0.717) is 10.5 Å². The van der Waals surface area contributed by atoms with E-state index >= 15 is 0 Å². The third-order valence-corrected chi connectivity index (χ3v) is 5.01. The Labute approximate surface area is 144 Å². The minimum Gasteiger partial charge on any atom is -0.423 e. The van der Waals surface area contributed by atoms with Gasteiger partial charge in [0.2, 0.25) is 0 Å². The van der Waals surface area contributed by atoms with Gasteiger partial charge in [0.15, 0.2) is 0 Å². The van der Waals surface area contributed by atoms with Crippen molar-refractivity contribution in [2.24, 2.45) is 0 Å². The second-order valence-electron chi connectivity index (χ2n) is 7.33. The van der Waals surface area contributed by atoms with Gasteiger partial charge in [0.1, 0.15) is 0 Å². The van der Waals surface area contributed by atoms with E-state index in [1.807, 2.05) is 12.1 Å². The fourth-order valence-corrected chi connectivity index (χ4v) is 2.80. The molecule has 1 aromatic rings. The molecular weight excluding hydrogens is 312 g/mol. The molecule has 6 heteroatoms. The lowest BCUT2D eigenvalue weighted by molar-refractivity contribution is -0.0982. The zero-order chi connectivity index (χ0) is 17.3. The third kappa shape index (κ3) is 4.63. The summed E-state index contributed by atoms with van der Waals surface area (Å²) < 4.78 is 5.71. The van der Waals surface area contributed by atoms with Crippen molar-refractivity contribution < 1.29 is 14.8 Å². The van der Waals surface area contributed by atoms with Crippen molar-refractivity contribution in [2.45, 2.75) is 58.2 Å². The molecule has 1 aliphatic heterocycles. The number of hydrogen-bond acceptors (Lipinski definition) is 4. The van der Waals surface area contributed by atoms with Crippen LogP contribution in [0.2, 0.25) is 5.02 Å². The maximum atomic E-state index is 10.5. The highest BCUT2D eigenvalue weighted by Gasteiger charge is 2.39. The summed E-state index contributed by atoms with van der Waals surface area (Å²) in [6.45, 7) is 8.85. The summed E-state index contributed by atoms with van der Waals surface area (Å²) in [6.07, 6.45) is 3.61. The molecule has 2 rings (SSSR count). The molecule has 0 bridgehead atoms. The average Bonchev–Trinajstić information content (AvgIpc) is 2.46. The number of halogens is 1. The standard InChI is InChI=1S/C17H27BClNO3/c1-16(2,21)17(3,4)23-18(22)13-10-14(19)12-15(11-13)20-8-6-5-7-9-20/h10-12,21-22H,5-9H2,1-4H3. The van der Waals surface area contributed by atoms with Gasteiger partial charge < -0.3 is 19.7 Å². The van der Waals surface area contributed by atoms with Crippen LogP contribution in [0.25, 0.3) is 0 Å². The van der Waals surface area contributed by atoms with Crippen LogP contribution in [-0.2, 0) is 4.65 Å². The number of nitrogens with zero attached hydrogens (tertiary/aromatic N) is 1. The molecule has 0 aromatic heterocycles. The first-order chi connectivity index (χ1) is 10.6. The molecule has 2 N–H and O–H groups in total. The second-order valence-corrected chi connectivity index (χ2v) is 7.77. The number of piperidine rings is 1. The fraction of sp³-hybridized carbons (Fsp3) is 0.647. The monoisotopic (exact) mass is 339 g/mol. The summed E-state index contributed by atoms with van der Waals surface area (Å²) >= 11 is 6.23. The first kappa shape index (κ1) is 18.6. The Bertz CT molecular complexity index is 539. The molecule has 1 aliphatic rings. The van der Waals surface area contributed by atoms with E-state index in [0.717, 1.165) is 18.8 Å². The number of rotatable bonds is 5. The molecule has 1 heterocycles. The Morgan fingerprint density at radius 2 is 1.70 bits per heavy atom. The molecule has 23 heavy (non-hydrogen) atoms. The SMILES string of the molecule is CC(C)(O)C(C)(C)OB(O)c1cc(Cl)cc(N2CCCCC2)c1. The van der Waals surface area contributed by atoms with Crippen LogP contribution >= 0.6 is 11.6 Å². The molecule has 0 aliphatic carbocycles. The van der Waals surface area contributed by atoms with Crippen LogP contribution in [0, 0.1) is 0 Å². The Morgan fingerprint density at radius 1 is 1.09 bits per heavy atom. The molecular formula is C17H27BClNO3. The van der Waals surface area contributed by atoms with Crippen LogP contribution in [-0.4, -0.2) is 41.5 Å². The largest absolute Gasteiger partial charge is 0.491 e. The van der Waals surface area contributed by atoms with Gasteiger partial charge in [-0.05, 0) is 70.6 Å². The summed E-state index contributed by atoms with van der Waals surface area (Å²) in [4.78, 5) is 2.28. The zero-order valence-electron chi connectivity index (χ0n) is 14.5. The van der Waals surface area contributed by atoms with E-state index in [-0.39, 0.29) is 0 Å². The van der Waals surface area contributed by atoms with Crippen LogP contribution in [0.5, 0.6) is 0 Å². The molecule has 1 fully saturated rings. The Kier molecular flexibility index (Phi) is 5.67. The van der Waals surface area contributed by atoms with Crippen LogP contribution in [0.3, 0.4) is 0 Å². The van der Waals surface area contributed by atoms with E-state index in [1.165, 1.54) is 19.3 Å². The lowest BCUT2D eigenvalue weighted by Gasteiger charge is -2.38. The number of aliphatic hydroxyl groups is 1. The van der Waals surface area contributed by atoms with Crippen molar-refractivity contribution in [3.8, 4) is 0 Å². The highest BCUT2D eigenvalue weighted by molar-refractivity contribution is 6.60. The van der Waals surface area contributed by atoms with Crippen LogP contribution in [0.15, 0.2) is 18.2 Å².